The van der Waals surface area contributed by atoms with Crippen molar-refractivity contribution in [2.24, 2.45) is 0 Å². The van der Waals surface area contributed by atoms with Crippen LogP contribution in [-0.4, -0.2) is 41.9 Å². The molecule has 0 aromatic heterocycles. The summed E-state index contributed by atoms with van der Waals surface area (Å²) in [7, 11) is 1.68. The standard InChI is InChI=1S/C16H25NO2S/c1-12(14-4-6-15(19-3)7-5-14)13(2)17-10-16(18)8-9-20-11-16/h4-7,12-13,17-18H,8-11H2,1-3H3. The second kappa shape index (κ2) is 6.83. The maximum Gasteiger partial charge on any atom is 0.118 e. The van der Waals surface area contributed by atoms with Gasteiger partial charge in [0.2, 0.25) is 0 Å². The molecule has 4 heteroatoms. The van der Waals surface area contributed by atoms with E-state index in [2.05, 4.69) is 31.3 Å². The van der Waals surface area contributed by atoms with Crippen molar-refractivity contribution in [1.29, 1.82) is 0 Å². The van der Waals surface area contributed by atoms with E-state index < -0.39 is 5.60 Å². The fourth-order valence-corrected chi connectivity index (χ4v) is 3.75. The lowest BCUT2D eigenvalue weighted by Crippen LogP contribution is -2.45. The Bertz CT molecular complexity index is 415. The number of thioether (sulfide) groups is 1. The molecular formula is C16H25NO2S. The monoisotopic (exact) mass is 295 g/mol. The minimum absolute atomic E-state index is 0.331. The van der Waals surface area contributed by atoms with E-state index in [9.17, 15) is 5.11 Å². The van der Waals surface area contributed by atoms with Crippen LogP contribution in [0.1, 0.15) is 31.7 Å². The molecule has 3 nitrogen and oxygen atoms in total. The number of ether oxygens (including phenoxy) is 1. The van der Waals surface area contributed by atoms with Crippen molar-refractivity contribution in [3.8, 4) is 5.75 Å². The van der Waals surface area contributed by atoms with E-state index in [-0.39, 0.29) is 0 Å². The first-order valence-electron chi connectivity index (χ1n) is 7.21. The zero-order valence-corrected chi connectivity index (χ0v) is 13.4. The number of hydrogen-bond acceptors (Lipinski definition) is 4. The first-order chi connectivity index (χ1) is 9.54. The molecule has 0 bridgehead atoms. The van der Waals surface area contributed by atoms with Crippen LogP contribution in [0, 0.1) is 0 Å². The summed E-state index contributed by atoms with van der Waals surface area (Å²) < 4.78 is 5.19. The lowest BCUT2D eigenvalue weighted by Gasteiger charge is -2.27. The predicted molar refractivity (Wildman–Crippen MR) is 85.8 cm³/mol. The molecule has 1 aromatic carbocycles. The van der Waals surface area contributed by atoms with Gasteiger partial charge in [0.1, 0.15) is 5.75 Å². The highest BCUT2D eigenvalue weighted by Crippen LogP contribution is 2.28. The Morgan fingerprint density at radius 1 is 1.35 bits per heavy atom. The fourth-order valence-electron chi connectivity index (χ4n) is 2.46. The lowest BCUT2D eigenvalue weighted by molar-refractivity contribution is 0.0643. The van der Waals surface area contributed by atoms with E-state index in [1.807, 2.05) is 23.9 Å². The number of aliphatic hydroxyl groups is 1. The van der Waals surface area contributed by atoms with Crippen LogP contribution in [0.2, 0.25) is 0 Å². The maximum absolute atomic E-state index is 10.4. The van der Waals surface area contributed by atoms with Gasteiger partial charge < -0.3 is 15.2 Å². The Kier molecular flexibility index (Phi) is 5.35. The number of benzene rings is 1. The van der Waals surface area contributed by atoms with Crippen molar-refractivity contribution in [3.63, 3.8) is 0 Å². The average Bonchev–Trinajstić information content (AvgIpc) is 2.91. The normalized spacial score (nSPS) is 25.4. The zero-order chi connectivity index (χ0) is 14.6. The van der Waals surface area contributed by atoms with Gasteiger partial charge in [-0.05, 0) is 42.7 Å². The van der Waals surface area contributed by atoms with E-state index in [1.165, 1.54) is 5.56 Å². The second-order valence-corrected chi connectivity index (χ2v) is 6.86. The third kappa shape index (κ3) is 3.90. The summed E-state index contributed by atoms with van der Waals surface area (Å²) in [6, 6.07) is 8.56. The minimum atomic E-state index is -0.515. The Balaban J connectivity index is 1.88. The molecular weight excluding hydrogens is 270 g/mol. The third-order valence-corrected chi connectivity index (χ3v) is 5.46. The lowest BCUT2D eigenvalue weighted by atomic mass is 9.93. The first-order valence-corrected chi connectivity index (χ1v) is 8.37. The Labute approximate surface area is 126 Å². The van der Waals surface area contributed by atoms with Crippen LogP contribution in [0.5, 0.6) is 5.75 Å². The highest BCUT2D eigenvalue weighted by molar-refractivity contribution is 7.99. The average molecular weight is 295 g/mol. The van der Waals surface area contributed by atoms with Gasteiger partial charge in [0.25, 0.3) is 0 Å². The molecule has 1 aliphatic rings. The molecule has 0 amide bonds. The van der Waals surface area contributed by atoms with Gasteiger partial charge in [0.15, 0.2) is 0 Å². The molecule has 112 valence electrons. The van der Waals surface area contributed by atoms with Gasteiger partial charge in [-0.1, -0.05) is 19.1 Å². The summed E-state index contributed by atoms with van der Waals surface area (Å²) in [5, 5.41) is 13.9. The van der Waals surface area contributed by atoms with E-state index in [1.54, 1.807) is 7.11 Å². The second-order valence-electron chi connectivity index (χ2n) is 5.76. The van der Waals surface area contributed by atoms with Crippen molar-refractivity contribution in [2.45, 2.75) is 37.8 Å². The maximum atomic E-state index is 10.4. The highest BCUT2D eigenvalue weighted by atomic mass is 32.2. The molecule has 1 saturated heterocycles. The first kappa shape index (κ1) is 15.7. The van der Waals surface area contributed by atoms with E-state index >= 15 is 0 Å². The van der Waals surface area contributed by atoms with Crippen LogP contribution < -0.4 is 10.1 Å². The van der Waals surface area contributed by atoms with Crippen LogP contribution in [0.3, 0.4) is 0 Å². The van der Waals surface area contributed by atoms with Gasteiger partial charge in [0, 0.05) is 18.3 Å². The molecule has 2 rings (SSSR count). The van der Waals surface area contributed by atoms with Gasteiger partial charge in [-0.25, -0.2) is 0 Å². The Morgan fingerprint density at radius 2 is 2.05 bits per heavy atom. The topological polar surface area (TPSA) is 41.5 Å². The van der Waals surface area contributed by atoms with Crippen molar-refractivity contribution in [3.05, 3.63) is 29.8 Å². The van der Waals surface area contributed by atoms with Crippen LogP contribution in [0.25, 0.3) is 0 Å². The molecule has 1 heterocycles. The van der Waals surface area contributed by atoms with E-state index in [0.29, 0.717) is 18.5 Å². The summed E-state index contributed by atoms with van der Waals surface area (Å²) in [4.78, 5) is 0. The van der Waals surface area contributed by atoms with Crippen molar-refractivity contribution < 1.29 is 9.84 Å². The largest absolute Gasteiger partial charge is 0.497 e. The third-order valence-electron chi connectivity index (χ3n) is 4.23. The number of methoxy groups -OCH3 is 1. The molecule has 0 spiro atoms. The number of nitrogens with one attached hydrogen (secondary N) is 1. The van der Waals surface area contributed by atoms with Gasteiger partial charge >= 0.3 is 0 Å². The molecule has 0 saturated carbocycles. The summed E-state index contributed by atoms with van der Waals surface area (Å²) in [5.41, 5.74) is 0.775. The van der Waals surface area contributed by atoms with Crippen LogP contribution >= 0.6 is 11.8 Å². The zero-order valence-electron chi connectivity index (χ0n) is 12.6. The van der Waals surface area contributed by atoms with Gasteiger partial charge in [-0.15, -0.1) is 0 Å². The van der Waals surface area contributed by atoms with Crippen LogP contribution in [0.4, 0.5) is 0 Å². The highest BCUT2D eigenvalue weighted by Gasteiger charge is 2.32. The predicted octanol–water partition coefficient (Wildman–Crippen LogP) is 2.64. The molecule has 1 fully saturated rings. The summed E-state index contributed by atoms with van der Waals surface area (Å²) in [6.45, 7) is 5.08. The SMILES string of the molecule is COc1ccc(C(C)C(C)NCC2(O)CCSC2)cc1. The van der Waals surface area contributed by atoms with E-state index in [4.69, 9.17) is 4.74 Å². The fraction of sp³-hybridized carbons (Fsp3) is 0.625. The van der Waals surface area contributed by atoms with Crippen LogP contribution in [0.15, 0.2) is 24.3 Å². The molecule has 3 unspecified atom stereocenters. The summed E-state index contributed by atoms with van der Waals surface area (Å²) in [5.74, 6) is 3.21. The van der Waals surface area contributed by atoms with Crippen molar-refractivity contribution >= 4 is 11.8 Å². The number of hydrogen-bond donors (Lipinski definition) is 2. The molecule has 0 radical (unpaired) electrons. The van der Waals surface area contributed by atoms with E-state index in [0.717, 1.165) is 23.7 Å². The quantitative estimate of drug-likeness (QED) is 0.846. The number of rotatable bonds is 6. The van der Waals surface area contributed by atoms with Crippen molar-refractivity contribution in [1.82, 2.24) is 5.32 Å². The Morgan fingerprint density at radius 3 is 2.60 bits per heavy atom. The summed E-state index contributed by atoms with van der Waals surface area (Å²) in [6.07, 6.45) is 0.897. The molecule has 1 aromatic rings. The molecule has 3 atom stereocenters. The minimum Gasteiger partial charge on any atom is -0.497 e. The van der Waals surface area contributed by atoms with Gasteiger partial charge in [0.05, 0.1) is 12.7 Å². The Hall–Kier alpha value is -0.710. The molecule has 0 aliphatic carbocycles. The van der Waals surface area contributed by atoms with Gasteiger partial charge in [-0.2, -0.15) is 11.8 Å². The summed E-state index contributed by atoms with van der Waals surface area (Å²) >= 11 is 1.84. The smallest absolute Gasteiger partial charge is 0.118 e. The molecule has 1 aliphatic heterocycles. The molecule has 2 N–H and O–H groups in total. The van der Waals surface area contributed by atoms with Crippen molar-refractivity contribution in [2.75, 3.05) is 25.2 Å². The molecule has 20 heavy (non-hydrogen) atoms. The van der Waals surface area contributed by atoms with Crippen LogP contribution in [-0.2, 0) is 0 Å². The van der Waals surface area contributed by atoms with Gasteiger partial charge in [-0.3, -0.25) is 0 Å².